The first-order valence-corrected chi connectivity index (χ1v) is 7.53. The number of nitrogens with one attached hydrogen (secondary N) is 1. The van der Waals surface area contributed by atoms with Gasteiger partial charge in [0, 0.05) is 16.0 Å². The zero-order chi connectivity index (χ0) is 13.1. The Morgan fingerprint density at radius 1 is 1.28 bits per heavy atom. The monoisotopic (exact) mass is 325 g/mol. The molecule has 96 valence electrons. The van der Waals surface area contributed by atoms with E-state index >= 15 is 0 Å². The third kappa shape index (κ3) is 2.96. The fraction of sp³-hybridized carbons (Fsp3) is 0.385. The standard InChI is InChI=1S/C13H16BrN3S/c1-8(2)11-7-18-13(17-11)12(15-3)10-5-4-9(14)6-16-10/h4-8,12,15H,1-3H3. The van der Waals surface area contributed by atoms with E-state index in [1.165, 1.54) is 0 Å². The van der Waals surface area contributed by atoms with E-state index in [1.807, 2.05) is 25.4 Å². The lowest BCUT2D eigenvalue weighted by molar-refractivity contribution is 0.660. The van der Waals surface area contributed by atoms with Crippen LogP contribution in [-0.2, 0) is 0 Å². The molecule has 0 saturated heterocycles. The predicted molar refractivity (Wildman–Crippen MR) is 79.0 cm³/mol. The zero-order valence-electron chi connectivity index (χ0n) is 10.6. The van der Waals surface area contributed by atoms with Gasteiger partial charge in [-0.1, -0.05) is 13.8 Å². The van der Waals surface area contributed by atoms with Crippen LogP contribution in [0.4, 0.5) is 0 Å². The molecule has 5 heteroatoms. The van der Waals surface area contributed by atoms with Crippen LogP contribution in [0.2, 0.25) is 0 Å². The number of thiazole rings is 1. The van der Waals surface area contributed by atoms with Gasteiger partial charge in [-0.2, -0.15) is 0 Å². The summed E-state index contributed by atoms with van der Waals surface area (Å²) in [5.74, 6) is 0.463. The fourth-order valence-electron chi connectivity index (χ4n) is 1.65. The molecule has 0 aromatic carbocycles. The average molecular weight is 326 g/mol. The maximum Gasteiger partial charge on any atom is 0.116 e. The van der Waals surface area contributed by atoms with E-state index in [2.05, 4.69) is 50.4 Å². The molecule has 1 N–H and O–H groups in total. The Hall–Kier alpha value is -0.780. The Morgan fingerprint density at radius 2 is 2.06 bits per heavy atom. The van der Waals surface area contributed by atoms with E-state index in [-0.39, 0.29) is 6.04 Å². The van der Waals surface area contributed by atoms with Gasteiger partial charge in [0.2, 0.25) is 0 Å². The molecule has 0 aliphatic rings. The smallest absolute Gasteiger partial charge is 0.116 e. The van der Waals surface area contributed by atoms with Crippen LogP contribution in [0.3, 0.4) is 0 Å². The lowest BCUT2D eigenvalue weighted by atomic mass is 10.1. The third-order valence-electron chi connectivity index (χ3n) is 2.71. The summed E-state index contributed by atoms with van der Waals surface area (Å²) in [7, 11) is 1.94. The Kier molecular flexibility index (Phi) is 4.48. The first-order chi connectivity index (χ1) is 8.61. The van der Waals surface area contributed by atoms with Crippen molar-refractivity contribution in [1.29, 1.82) is 0 Å². The van der Waals surface area contributed by atoms with Crippen molar-refractivity contribution in [2.24, 2.45) is 0 Å². The molecule has 0 aliphatic carbocycles. The highest BCUT2D eigenvalue weighted by Crippen LogP contribution is 2.26. The molecule has 2 aromatic heterocycles. The molecule has 0 saturated carbocycles. The Morgan fingerprint density at radius 3 is 2.56 bits per heavy atom. The summed E-state index contributed by atoms with van der Waals surface area (Å²) in [4.78, 5) is 9.12. The van der Waals surface area contributed by atoms with Gasteiger partial charge in [-0.15, -0.1) is 11.3 Å². The molecule has 0 spiro atoms. The molecular weight excluding hydrogens is 310 g/mol. The van der Waals surface area contributed by atoms with Crippen molar-refractivity contribution < 1.29 is 0 Å². The van der Waals surface area contributed by atoms with Crippen LogP contribution < -0.4 is 5.32 Å². The minimum atomic E-state index is 0.0654. The first-order valence-electron chi connectivity index (χ1n) is 5.86. The van der Waals surface area contributed by atoms with Gasteiger partial charge in [0.25, 0.3) is 0 Å². The van der Waals surface area contributed by atoms with Crippen molar-refractivity contribution in [2.45, 2.75) is 25.8 Å². The first kappa shape index (κ1) is 13.6. The highest BCUT2D eigenvalue weighted by atomic mass is 79.9. The predicted octanol–water partition coefficient (Wildman–Crippen LogP) is 3.73. The zero-order valence-corrected chi connectivity index (χ0v) is 13.0. The topological polar surface area (TPSA) is 37.8 Å². The maximum absolute atomic E-state index is 4.68. The van der Waals surface area contributed by atoms with Crippen molar-refractivity contribution >= 4 is 27.3 Å². The normalized spacial score (nSPS) is 12.9. The highest BCUT2D eigenvalue weighted by molar-refractivity contribution is 9.10. The minimum Gasteiger partial charge on any atom is -0.306 e. The molecule has 3 nitrogen and oxygen atoms in total. The molecule has 1 atom stereocenters. The largest absolute Gasteiger partial charge is 0.306 e. The van der Waals surface area contributed by atoms with Crippen molar-refractivity contribution in [3.05, 3.63) is 44.6 Å². The van der Waals surface area contributed by atoms with Crippen LogP contribution in [0, 0.1) is 0 Å². The quantitative estimate of drug-likeness (QED) is 0.930. The molecule has 2 rings (SSSR count). The summed E-state index contributed by atoms with van der Waals surface area (Å²) in [5, 5.41) is 6.47. The summed E-state index contributed by atoms with van der Waals surface area (Å²) in [6.45, 7) is 4.32. The van der Waals surface area contributed by atoms with Crippen molar-refractivity contribution in [3.63, 3.8) is 0 Å². The van der Waals surface area contributed by atoms with Gasteiger partial charge in [0.15, 0.2) is 0 Å². The van der Waals surface area contributed by atoms with Crippen LogP contribution in [0.1, 0.15) is 42.2 Å². The summed E-state index contributed by atoms with van der Waals surface area (Å²) in [5.41, 5.74) is 2.14. The summed E-state index contributed by atoms with van der Waals surface area (Å²) < 4.78 is 0.989. The van der Waals surface area contributed by atoms with Crippen LogP contribution in [0.25, 0.3) is 0 Å². The van der Waals surface area contributed by atoms with Crippen molar-refractivity contribution in [2.75, 3.05) is 7.05 Å². The van der Waals surface area contributed by atoms with Gasteiger partial charge in [0.05, 0.1) is 11.4 Å². The molecular formula is C13H16BrN3S. The van der Waals surface area contributed by atoms with Crippen molar-refractivity contribution in [3.8, 4) is 0 Å². The number of rotatable bonds is 4. The van der Waals surface area contributed by atoms with E-state index in [0.717, 1.165) is 20.9 Å². The van der Waals surface area contributed by atoms with Crippen LogP contribution in [0.5, 0.6) is 0 Å². The molecule has 0 bridgehead atoms. The van der Waals surface area contributed by atoms with Gasteiger partial charge in [-0.05, 0) is 41.0 Å². The van der Waals surface area contributed by atoms with Crippen molar-refractivity contribution in [1.82, 2.24) is 15.3 Å². The molecule has 0 radical (unpaired) electrons. The second-order valence-electron chi connectivity index (χ2n) is 4.39. The van der Waals surface area contributed by atoms with Gasteiger partial charge in [-0.25, -0.2) is 4.98 Å². The Labute approximate surface area is 120 Å². The van der Waals surface area contributed by atoms with E-state index in [1.54, 1.807) is 11.3 Å². The van der Waals surface area contributed by atoms with E-state index in [0.29, 0.717) is 5.92 Å². The number of aromatic nitrogens is 2. The fourth-order valence-corrected chi connectivity index (χ4v) is 2.99. The molecule has 0 fully saturated rings. The molecule has 18 heavy (non-hydrogen) atoms. The summed E-state index contributed by atoms with van der Waals surface area (Å²) in [6, 6.07) is 4.08. The molecule has 2 aromatic rings. The number of hydrogen-bond acceptors (Lipinski definition) is 4. The van der Waals surface area contributed by atoms with Crippen LogP contribution >= 0.6 is 27.3 Å². The maximum atomic E-state index is 4.68. The number of hydrogen-bond donors (Lipinski definition) is 1. The lowest BCUT2D eigenvalue weighted by Gasteiger charge is -2.12. The van der Waals surface area contributed by atoms with Gasteiger partial charge >= 0.3 is 0 Å². The van der Waals surface area contributed by atoms with Crippen LogP contribution in [-0.4, -0.2) is 17.0 Å². The molecule has 1 unspecified atom stereocenters. The van der Waals surface area contributed by atoms with E-state index < -0.39 is 0 Å². The minimum absolute atomic E-state index is 0.0654. The highest BCUT2D eigenvalue weighted by Gasteiger charge is 2.17. The Balaban J connectivity index is 2.29. The molecule has 0 aliphatic heterocycles. The molecule has 0 amide bonds. The number of pyridine rings is 1. The summed E-state index contributed by atoms with van der Waals surface area (Å²) in [6.07, 6.45) is 1.82. The number of halogens is 1. The van der Waals surface area contributed by atoms with E-state index in [9.17, 15) is 0 Å². The summed E-state index contributed by atoms with van der Waals surface area (Å²) >= 11 is 5.08. The van der Waals surface area contributed by atoms with Gasteiger partial charge in [0.1, 0.15) is 11.0 Å². The van der Waals surface area contributed by atoms with E-state index in [4.69, 9.17) is 0 Å². The lowest BCUT2D eigenvalue weighted by Crippen LogP contribution is -2.18. The third-order valence-corrected chi connectivity index (χ3v) is 4.11. The second-order valence-corrected chi connectivity index (χ2v) is 6.19. The van der Waals surface area contributed by atoms with Crippen LogP contribution in [0.15, 0.2) is 28.2 Å². The second kappa shape index (κ2) is 5.91. The molecule has 2 heterocycles. The average Bonchev–Trinajstić information content (AvgIpc) is 2.82. The van der Waals surface area contributed by atoms with Gasteiger partial charge in [-0.3, -0.25) is 4.98 Å². The van der Waals surface area contributed by atoms with Gasteiger partial charge < -0.3 is 5.32 Å². The SMILES string of the molecule is CNC(c1ccc(Br)cn1)c1nc(C(C)C)cs1. The number of nitrogens with zero attached hydrogens (tertiary/aromatic N) is 2. The Bertz CT molecular complexity index is 507.